The third kappa shape index (κ3) is 2.48. The van der Waals surface area contributed by atoms with Gasteiger partial charge in [-0.1, -0.05) is 15.9 Å². The minimum Gasteiger partial charge on any atom is -0.300 e. The maximum atomic E-state index is 11.3. The van der Waals surface area contributed by atoms with Crippen LogP contribution in [0.3, 0.4) is 0 Å². The molecule has 1 aromatic carbocycles. The molecule has 0 radical (unpaired) electrons. The fraction of sp³-hybridized carbons (Fsp3) is 0.111. The Kier molecular flexibility index (Phi) is 3.58. The zero-order valence-electron chi connectivity index (χ0n) is 9.13. The molecule has 18 heavy (non-hydrogen) atoms. The van der Waals surface area contributed by atoms with Crippen molar-refractivity contribution >= 4 is 41.9 Å². The van der Waals surface area contributed by atoms with E-state index in [1.807, 2.05) is 12.1 Å². The van der Waals surface area contributed by atoms with Crippen LogP contribution in [0.2, 0.25) is 0 Å². The van der Waals surface area contributed by atoms with Crippen molar-refractivity contribution in [3.8, 4) is 11.4 Å². The first kappa shape index (κ1) is 13.7. The zero-order chi connectivity index (χ0) is 13.5. The number of halogens is 2. The molecule has 0 spiro atoms. The summed E-state index contributed by atoms with van der Waals surface area (Å²) in [5, 5.41) is 12.2. The zero-order valence-corrected chi connectivity index (χ0v) is 13.1. The van der Waals surface area contributed by atoms with Crippen molar-refractivity contribution in [2.75, 3.05) is 0 Å². The standard InChI is InChI=1S/C9H8Br2N4O2S/c1-15-8(13-14-9(15)18(12,16)17)6-3-2-5(10)4-7(6)11/h2-4H,1H3,(H2,12,16,17). The molecule has 0 aliphatic carbocycles. The third-order valence-corrected chi connectivity index (χ3v) is 4.28. The lowest BCUT2D eigenvalue weighted by atomic mass is 10.2. The molecule has 0 aliphatic heterocycles. The predicted molar refractivity (Wildman–Crippen MR) is 73.2 cm³/mol. The molecule has 0 fully saturated rings. The van der Waals surface area contributed by atoms with Crippen LogP contribution in [0.5, 0.6) is 0 Å². The SMILES string of the molecule is Cn1c(-c2ccc(Br)cc2Br)nnc1S(N)(=O)=O. The van der Waals surface area contributed by atoms with Gasteiger partial charge in [-0.25, -0.2) is 13.6 Å². The molecular formula is C9H8Br2N4O2S. The van der Waals surface area contributed by atoms with Gasteiger partial charge in [0, 0.05) is 21.6 Å². The van der Waals surface area contributed by atoms with Gasteiger partial charge in [0.25, 0.3) is 15.2 Å². The molecular weight excluding hydrogens is 388 g/mol. The van der Waals surface area contributed by atoms with E-state index in [1.165, 1.54) is 4.57 Å². The predicted octanol–water partition coefficient (Wildman–Crippen LogP) is 1.65. The fourth-order valence-electron chi connectivity index (χ4n) is 1.47. The summed E-state index contributed by atoms with van der Waals surface area (Å²) in [6.07, 6.45) is 0. The summed E-state index contributed by atoms with van der Waals surface area (Å²) in [5.41, 5.74) is 0.725. The molecule has 2 N–H and O–H groups in total. The number of hydrogen-bond donors (Lipinski definition) is 1. The second-order valence-corrected chi connectivity index (χ2v) is 6.76. The highest BCUT2D eigenvalue weighted by molar-refractivity contribution is 9.11. The van der Waals surface area contributed by atoms with E-state index >= 15 is 0 Å². The highest BCUT2D eigenvalue weighted by Crippen LogP contribution is 2.29. The van der Waals surface area contributed by atoms with E-state index in [0.29, 0.717) is 5.82 Å². The molecule has 96 valence electrons. The van der Waals surface area contributed by atoms with E-state index < -0.39 is 10.0 Å². The largest absolute Gasteiger partial charge is 0.300 e. The number of hydrogen-bond acceptors (Lipinski definition) is 4. The van der Waals surface area contributed by atoms with Gasteiger partial charge >= 0.3 is 0 Å². The van der Waals surface area contributed by atoms with Crippen LogP contribution in [0.25, 0.3) is 11.4 Å². The van der Waals surface area contributed by atoms with Gasteiger partial charge in [-0.05, 0) is 34.1 Å². The first-order valence-corrected chi connectivity index (χ1v) is 7.81. The molecule has 2 rings (SSSR count). The summed E-state index contributed by atoms with van der Waals surface area (Å²) in [7, 11) is -2.33. The molecule has 0 saturated carbocycles. The lowest BCUT2D eigenvalue weighted by Gasteiger charge is -2.05. The number of benzene rings is 1. The van der Waals surface area contributed by atoms with E-state index in [0.717, 1.165) is 14.5 Å². The maximum Gasteiger partial charge on any atom is 0.273 e. The lowest BCUT2D eigenvalue weighted by Crippen LogP contribution is -2.17. The number of rotatable bonds is 2. The van der Waals surface area contributed by atoms with Crippen molar-refractivity contribution in [2.24, 2.45) is 12.2 Å². The summed E-state index contributed by atoms with van der Waals surface area (Å²) >= 11 is 6.72. The number of nitrogens with zero attached hydrogens (tertiary/aromatic N) is 3. The van der Waals surface area contributed by atoms with Crippen molar-refractivity contribution in [3.05, 3.63) is 27.1 Å². The van der Waals surface area contributed by atoms with Gasteiger partial charge < -0.3 is 0 Å². The molecule has 0 unspecified atom stereocenters. The minimum absolute atomic E-state index is 0.271. The van der Waals surface area contributed by atoms with Gasteiger partial charge in [-0.15, -0.1) is 10.2 Å². The highest BCUT2D eigenvalue weighted by atomic mass is 79.9. The molecule has 0 amide bonds. The van der Waals surface area contributed by atoms with E-state index in [-0.39, 0.29) is 5.16 Å². The van der Waals surface area contributed by atoms with Crippen molar-refractivity contribution in [2.45, 2.75) is 5.16 Å². The smallest absolute Gasteiger partial charge is 0.273 e. The van der Waals surface area contributed by atoms with Crippen LogP contribution in [-0.4, -0.2) is 23.2 Å². The molecule has 9 heteroatoms. The van der Waals surface area contributed by atoms with Crippen LogP contribution in [-0.2, 0) is 17.1 Å². The Labute approximate surface area is 121 Å². The lowest BCUT2D eigenvalue weighted by molar-refractivity contribution is 0.580. The summed E-state index contributed by atoms with van der Waals surface area (Å²) in [6, 6.07) is 5.46. The van der Waals surface area contributed by atoms with Crippen LogP contribution in [0, 0.1) is 0 Å². The summed E-state index contributed by atoms with van der Waals surface area (Å²) < 4.78 is 25.5. The molecule has 1 aromatic heterocycles. The maximum absolute atomic E-state index is 11.3. The molecule has 0 atom stereocenters. The van der Waals surface area contributed by atoms with Crippen molar-refractivity contribution in [1.29, 1.82) is 0 Å². The number of aromatic nitrogens is 3. The normalized spacial score (nSPS) is 11.8. The van der Waals surface area contributed by atoms with E-state index in [1.54, 1.807) is 13.1 Å². The third-order valence-electron chi connectivity index (χ3n) is 2.26. The van der Waals surface area contributed by atoms with E-state index in [2.05, 4.69) is 42.1 Å². The molecule has 2 aromatic rings. The Hall–Kier alpha value is -0.770. The molecule has 6 nitrogen and oxygen atoms in total. The van der Waals surface area contributed by atoms with Crippen LogP contribution >= 0.6 is 31.9 Å². The van der Waals surface area contributed by atoms with Crippen LogP contribution in [0.1, 0.15) is 0 Å². The first-order chi connectivity index (χ1) is 8.30. The quantitative estimate of drug-likeness (QED) is 0.836. The summed E-state index contributed by atoms with van der Waals surface area (Å²) in [6.45, 7) is 0. The number of sulfonamides is 1. The van der Waals surface area contributed by atoms with Gasteiger partial charge in [0.2, 0.25) is 0 Å². The second-order valence-electron chi connectivity index (χ2n) is 3.53. The van der Waals surface area contributed by atoms with Gasteiger partial charge in [-0.3, -0.25) is 4.57 Å². The van der Waals surface area contributed by atoms with Gasteiger partial charge in [-0.2, -0.15) is 0 Å². The fourth-order valence-corrected chi connectivity index (χ4v) is 3.32. The van der Waals surface area contributed by atoms with Gasteiger partial charge in [0.05, 0.1) is 0 Å². The Balaban J connectivity index is 2.63. The Morgan fingerprint density at radius 1 is 1.28 bits per heavy atom. The molecule has 0 aliphatic rings. The van der Waals surface area contributed by atoms with Crippen molar-refractivity contribution in [3.63, 3.8) is 0 Å². The molecule has 0 saturated heterocycles. The Morgan fingerprint density at radius 2 is 1.94 bits per heavy atom. The average molecular weight is 396 g/mol. The van der Waals surface area contributed by atoms with E-state index in [9.17, 15) is 8.42 Å². The second kappa shape index (κ2) is 4.72. The molecule has 1 heterocycles. The van der Waals surface area contributed by atoms with Crippen LogP contribution in [0.4, 0.5) is 0 Å². The Bertz CT molecular complexity index is 711. The summed E-state index contributed by atoms with van der Waals surface area (Å²) in [4.78, 5) is 0. The Morgan fingerprint density at radius 3 is 2.44 bits per heavy atom. The average Bonchev–Trinajstić information content (AvgIpc) is 2.60. The number of primary sulfonamides is 1. The van der Waals surface area contributed by atoms with Crippen molar-refractivity contribution in [1.82, 2.24) is 14.8 Å². The van der Waals surface area contributed by atoms with Gasteiger partial charge in [0.1, 0.15) is 0 Å². The molecule has 0 bridgehead atoms. The first-order valence-electron chi connectivity index (χ1n) is 4.68. The van der Waals surface area contributed by atoms with Crippen LogP contribution in [0.15, 0.2) is 32.3 Å². The number of nitrogens with two attached hydrogens (primary N) is 1. The minimum atomic E-state index is -3.88. The van der Waals surface area contributed by atoms with Crippen molar-refractivity contribution < 1.29 is 8.42 Å². The topological polar surface area (TPSA) is 90.9 Å². The highest BCUT2D eigenvalue weighted by Gasteiger charge is 2.20. The monoisotopic (exact) mass is 394 g/mol. The van der Waals surface area contributed by atoms with Gasteiger partial charge in [0.15, 0.2) is 5.82 Å². The van der Waals surface area contributed by atoms with E-state index in [4.69, 9.17) is 5.14 Å². The summed E-state index contributed by atoms with van der Waals surface area (Å²) in [5.74, 6) is 0.415. The van der Waals surface area contributed by atoms with Crippen LogP contribution < -0.4 is 5.14 Å².